The molecule has 1 aromatic carbocycles. The van der Waals surface area contributed by atoms with Crippen LogP contribution < -0.4 is 4.74 Å². The Morgan fingerprint density at radius 2 is 1.67 bits per heavy atom. The van der Waals surface area contributed by atoms with E-state index in [9.17, 15) is 9.59 Å². The van der Waals surface area contributed by atoms with E-state index in [1.807, 2.05) is 9.80 Å². The second kappa shape index (κ2) is 9.54. The molecule has 2 aliphatic heterocycles. The van der Waals surface area contributed by atoms with Crippen LogP contribution in [0.2, 0.25) is 5.02 Å². The standard InChI is InChI=1S/C22H31ClN4O3/c1-30-20-15-17(23)5-6-19(20)22(29)27-9-7-24(8-10-27)16-21(28)26-13-11-25(12-14-26)18-3-2-4-18/h5-6,15,18H,2-4,7-14,16H2,1H3. The normalized spacial score (nSPS) is 21.4. The van der Waals surface area contributed by atoms with Crippen molar-refractivity contribution in [2.75, 3.05) is 66.0 Å². The highest BCUT2D eigenvalue weighted by atomic mass is 35.5. The van der Waals surface area contributed by atoms with Crippen molar-refractivity contribution >= 4 is 23.4 Å². The lowest BCUT2D eigenvalue weighted by Crippen LogP contribution is -2.56. The zero-order chi connectivity index (χ0) is 21.1. The summed E-state index contributed by atoms with van der Waals surface area (Å²) >= 11 is 6.00. The number of benzene rings is 1. The summed E-state index contributed by atoms with van der Waals surface area (Å²) in [6, 6.07) is 5.83. The minimum absolute atomic E-state index is 0.0541. The van der Waals surface area contributed by atoms with Crippen molar-refractivity contribution in [1.82, 2.24) is 19.6 Å². The molecule has 0 bridgehead atoms. The Bertz CT molecular complexity index is 770. The number of ether oxygens (including phenoxy) is 1. The van der Waals surface area contributed by atoms with Gasteiger partial charge >= 0.3 is 0 Å². The minimum Gasteiger partial charge on any atom is -0.496 e. The molecule has 1 aromatic rings. The van der Waals surface area contributed by atoms with Gasteiger partial charge in [0.15, 0.2) is 0 Å². The van der Waals surface area contributed by atoms with Gasteiger partial charge in [-0.2, -0.15) is 0 Å². The van der Waals surface area contributed by atoms with E-state index in [1.165, 1.54) is 26.4 Å². The zero-order valence-electron chi connectivity index (χ0n) is 17.7. The van der Waals surface area contributed by atoms with Gasteiger partial charge < -0.3 is 14.5 Å². The third kappa shape index (κ3) is 4.74. The third-order valence-corrected chi connectivity index (χ3v) is 6.91. The minimum atomic E-state index is -0.0541. The van der Waals surface area contributed by atoms with Crippen LogP contribution >= 0.6 is 11.6 Å². The average Bonchev–Trinajstić information content (AvgIpc) is 2.73. The average molecular weight is 435 g/mol. The van der Waals surface area contributed by atoms with E-state index in [2.05, 4.69) is 9.80 Å². The first-order valence-electron chi connectivity index (χ1n) is 10.9. The van der Waals surface area contributed by atoms with Crippen LogP contribution in [0, 0.1) is 0 Å². The molecule has 2 saturated heterocycles. The lowest BCUT2D eigenvalue weighted by atomic mass is 9.91. The number of methoxy groups -OCH3 is 1. The van der Waals surface area contributed by atoms with Gasteiger partial charge in [-0.15, -0.1) is 0 Å². The van der Waals surface area contributed by atoms with Crippen LogP contribution in [0.1, 0.15) is 29.6 Å². The molecule has 2 heterocycles. The largest absolute Gasteiger partial charge is 0.496 e. The fraction of sp³-hybridized carbons (Fsp3) is 0.636. The van der Waals surface area contributed by atoms with Crippen LogP contribution in [-0.4, -0.2) is 103 Å². The van der Waals surface area contributed by atoms with Gasteiger partial charge in [0.1, 0.15) is 5.75 Å². The highest BCUT2D eigenvalue weighted by molar-refractivity contribution is 6.30. The molecule has 0 radical (unpaired) electrons. The number of hydrogen-bond acceptors (Lipinski definition) is 5. The molecule has 0 unspecified atom stereocenters. The zero-order valence-corrected chi connectivity index (χ0v) is 18.4. The van der Waals surface area contributed by atoms with Crippen molar-refractivity contribution in [2.24, 2.45) is 0 Å². The molecule has 164 valence electrons. The second-order valence-electron chi connectivity index (χ2n) is 8.41. The number of carbonyl (C=O) groups excluding carboxylic acids is 2. The summed E-state index contributed by atoms with van der Waals surface area (Å²) in [5, 5.41) is 0.542. The summed E-state index contributed by atoms with van der Waals surface area (Å²) in [6.07, 6.45) is 3.99. The van der Waals surface area contributed by atoms with Crippen molar-refractivity contribution in [1.29, 1.82) is 0 Å². The van der Waals surface area contributed by atoms with Gasteiger partial charge in [-0.05, 0) is 31.0 Å². The quantitative estimate of drug-likeness (QED) is 0.707. The predicted molar refractivity (Wildman–Crippen MR) is 116 cm³/mol. The Labute approximate surface area is 183 Å². The molecule has 30 heavy (non-hydrogen) atoms. The number of amides is 2. The molecule has 4 rings (SSSR count). The maximum absolute atomic E-state index is 12.9. The summed E-state index contributed by atoms with van der Waals surface area (Å²) in [5.74, 6) is 0.648. The summed E-state index contributed by atoms with van der Waals surface area (Å²) < 4.78 is 5.32. The predicted octanol–water partition coefficient (Wildman–Crippen LogP) is 1.80. The monoisotopic (exact) mass is 434 g/mol. The number of rotatable bonds is 5. The van der Waals surface area contributed by atoms with E-state index in [4.69, 9.17) is 16.3 Å². The molecule has 8 heteroatoms. The molecular formula is C22H31ClN4O3. The van der Waals surface area contributed by atoms with E-state index >= 15 is 0 Å². The van der Waals surface area contributed by atoms with E-state index in [-0.39, 0.29) is 11.8 Å². The number of carbonyl (C=O) groups is 2. The Balaban J connectivity index is 1.24. The summed E-state index contributed by atoms with van der Waals surface area (Å²) in [5.41, 5.74) is 0.524. The summed E-state index contributed by atoms with van der Waals surface area (Å²) in [7, 11) is 1.54. The van der Waals surface area contributed by atoms with Crippen molar-refractivity contribution in [3.05, 3.63) is 28.8 Å². The van der Waals surface area contributed by atoms with E-state index in [0.717, 1.165) is 32.2 Å². The summed E-state index contributed by atoms with van der Waals surface area (Å²) in [4.78, 5) is 34.2. The van der Waals surface area contributed by atoms with Crippen molar-refractivity contribution in [3.63, 3.8) is 0 Å². The molecule has 3 fully saturated rings. The first-order valence-corrected chi connectivity index (χ1v) is 11.3. The van der Waals surface area contributed by atoms with E-state index < -0.39 is 0 Å². The number of nitrogens with zero attached hydrogens (tertiary/aromatic N) is 4. The Morgan fingerprint density at radius 3 is 2.27 bits per heavy atom. The van der Waals surface area contributed by atoms with E-state index in [0.29, 0.717) is 49.1 Å². The van der Waals surface area contributed by atoms with Gasteiger partial charge in [0.2, 0.25) is 5.91 Å². The van der Waals surface area contributed by atoms with Crippen LogP contribution in [0.15, 0.2) is 18.2 Å². The van der Waals surface area contributed by atoms with Crippen LogP contribution in [0.3, 0.4) is 0 Å². The van der Waals surface area contributed by atoms with Crippen LogP contribution in [0.25, 0.3) is 0 Å². The van der Waals surface area contributed by atoms with Crippen LogP contribution in [0.4, 0.5) is 0 Å². The summed E-state index contributed by atoms with van der Waals surface area (Å²) in [6.45, 7) is 6.73. The lowest BCUT2D eigenvalue weighted by Gasteiger charge is -2.43. The molecule has 0 atom stereocenters. The lowest BCUT2D eigenvalue weighted by molar-refractivity contribution is -0.135. The van der Waals surface area contributed by atoms with Crippen LogP contribution in [-0.2, 0) is 4.79 Å². The van der Waals surface area contributed by atoms with E-state index in [1.54, 1.807) is 18.2 Å². The number of hydrogen-bond donors (Lipinski definition) is 0. The Hall–Kier alpha value is -1.83. The van der Waals surface area contributed by atoms with Crippen molar-refractivity contribution in [2.45, 2.75) is 25.3 Å². The highest BCUT2D eigenvalue weighted by Crippen LogP contribution is 2.26. The van der Waals surface area contributed by atoms with Crippen molar-refractivity contribution < 1.29 is 14.3 Å². The number of piperazine rings is 2. The first kappa shape index (κ1) is 21.4. The molecular weight excluding hydrogens is 404 g/mol. The molecule has 0 N–H and O–H groups in total. The second-order valence-corrected chi connectivity index (χ2v) is 8.85. The fourth-order valence-corrected chi connectivity index (χ4v) is 4.66. The van der Waals surface area contributed by atoms with Crippen LogP contribution in [0.5, 0.6) is 5.75 Å². The first-order chi connectivity index (χ1) is 14.5. The maximum atomic E-state index is 12.9. The Kier molecular flexibility index (Phi) is 6.80. The molecule has 2 amide bonds. The maximum Gasteiger partial charge on any atom is 0.257 e. The topological polar surface area (TPSA) is 56.3 Å². The van der Waals surface area contributed by atoms with Gasteiger partial charge in [0, 0.05) is 63.4 Å². The number of halogens is 1. The smallest absolute Gasteiger partial charge is 0.257 e. The Morgan fingerprint density at radius 1 is 1.00 bits per heavy atom. The molecule has 1 saturated carbocycles. The molecule has 1 aliphatic carbocycles. The van der Waals surface area contributed by atoms with Gasteiger partial charge in [0.25, 0.3) is 5.91 Å². The molecule has 0 spiro atoms. The third-order valence-electron chi connectivity index (χ3n) is 6.67. The highest BCUT2D eigenvalue weighted by Gasteiger charge is 2.31. The van der Waals surface area contributed by atoms with Gasteiger partial charge in [0.05, 0.1) is 19.2 Å². The SMILES string of the molecule is COc1cc(Cl)ccc1C(=O)N1CCN(CC(=O)N2CCN(C3CCC3)CC2)CC1. The van der Waals surface area contributed by atoms with Gasteiger partial charge in [-0.3, -0.25) is 19.4 Å². The fourth-order valence-electron chi connectivity index (χ4n) is 4.50. The molecule has 7 nitrogen and oxygen atoms in total. The van der Waals surface area contributed by atoms with Gasteiger partial charge in [-0.25, -0.2) is 0 Å². The molecule has 3 aliphatic rings. The van der Waals surface area contributed by atoms with Gasteiger partial charge in [-0.1, -0.05) is 18.0 Å². The molecule has 0 aromatic heterocycles. The van der Waals surface area contributed by atoms with Crippen molar-refractivity contribution in [3.8, 4) is 5.75 Å².